The molecule has 2 aromatic heterocycles. The summed E-state index contributed by atoms with van der Waals surface area (Å²) in [7, 11) is 1.94. The molecule has 31 heavy (non-hydrogen) atoms. The summed E-state index contributed by atoms with van der Waals surface area (Å²) in [6.07, 6.45) is 0.714. The number of benzene rings is 2. The molecule has 2 aromatic carbocycles. The molecule has 2 heterocycles. The summed E-state index contributed by atoms with van der Waals surface area (Å²) in [6, 6.07) is 19.3. The van der Waals surface area contributed by atoms with Crippen LogP contribution in [0, 0.1) is 6.92 Å². The number of halogens is 1. The number of rotatable bonds is 7. The van der Waals surface area contributed by atoms with Gasteiger partial charge in [0.2, 0.25) is 5.91 Å². The number of hydrogen-bond donors (Lipinski definition) is 1. The molecular weight excluding hydrogens is 448 g/mol. The fraction of sp³-hybridized carbons (Fsp3) is 0.174. The third-order valence-electron chi connectivity index (χ3n) is 4.84. The van der Waals surface area contributed by atoms with Crippen LogP contribution in [-0.2, 0) is 18.3 Å². The molecule has 0 spiro atoms. The van der Waals surface area contributed by atoms with E-state index in [4.69, 9.17) is 11.6 Å². The highest BCUT2D eigenvalue weighted by molar-refractivity contribution is 8.00. The summed E-state index contributed by atoms with van der Waals surface area (Å²) < 4.78 is 1.95. The van der Waals surface area contributed by atoms with Crippen LogP contribution in [0.25, 0.3) is 0 Å². The van der Waals surface area contributed by atoms with Crippen molar-refractivity contribution in [2.75, 3.05) is 5.32 Å². The van der Waals surface area contributed by atoms with Crippen molar-refractivity contribution in [2.45, 2.75) is 23.8 Å². The molecule has 5 nitrogen and oxygen atoms in total. The van der Waals surface area contributed by atoms with E-state index in [1.807, 2.05) is 67.1 Å². The minimum atomic E-state index is -0.487. The molecular formula is C23H21ClN4OS2. The Morgan fingerprint density at radius 1 is 1.16 bits per heavy atom. The molecule has 0 aliphatic carbocycles. The third kappa shape index (κ3) is 5.18. The lowest BCUT2D eigenvalue weighted by molar-refractivity contribution is -0.115. The Morgan fingerprint density at radius 3 is 2.68 bits per heavy atom. The summed E-state index contributed by atoms with van der Waals surface area (Å²) in [6.45, 7) is 1.93. The first-order chi connectivity index (χ1) is 15.0. The number of aryl methyl sites for hydroxylation is 1. The van der Waals surface area contributed by atoms with Crippen LogP contribution in [0.2, 0.25) is 5.02 Å². The van der Waals surface area contributed by atoms with Gasteiger partial charge in [-0.05, 0) is 41.6 Å². The lowest BCUT2D eigenvalue weighted by Crippen LogP contribution is -2.19. The molecule has 0 saturated heterocycles. The topological polar surface area (TPSA) is 59.8 Å². The van der Waals surface area contributed by atoms with E-state index in [1.165, 1.54) is 16.6 Å². The molecule has 0 saturated carbocycles. The van der Waals surface area contributed by atoms with Crippen molar-refractivity contribution in [3.8, 4) is 0 Å². The van der Waals surface area contributed by atoms with Crippen molar-refractivity contribution < 1.29 is 4.79 Å². The van der Waals surface area contributed by atoms with Gasteiger partial charge in [0.15, 0.2) is 5.16 Å². The van der Waals surface area contributed by atoms with E-state index in [0.717, 1.165) is 17.0 Å². The summed E-state index contributed by atoms with van der Waals surface area (Å²) in [4.78, 5) is 14.5. The first-order valence-electron chi connectivity index (χ1n) is 9.70. The maximum absolute atomic E-state index is 13.3. The van der Waals surface area contributed by atoms with E-state index >= 15 is 0 Å². The highest BCUT2D eigenvalue weighted by atomic mass is 35.5. The van der Waals surface area contributed by atoms with Crippen LogP contribution in [0.5, 0.6) is 0 Å². The van der Waals surface area contributed by atoms with Crippen LogP contribution in [-0.4, -0.2) is 20.7 Å². The normalized spacial score (nSPS) is 12.0. The zero-order chi connectivity index (χ0) is 21.8. The van der Waals surface area contributed by atoms with Crippen LogP contribution >= 0.6 is 34.7 Å². The first-order valence-corrected chi connectivity index (χ1v) is 11.8. The van der Waals surface area contributed by atoms with Crippen molar-refractivity contribution in [3.05, 3.63) is 92.9 Å². The van der Waals surface area contributed by atoms with Gasteiger partial charge in [0.05, 0.1) is 0 Å². The van der Waals surface area contributed by atoms with Gasteiger partial charge in [-0.15, -0.1) is 21.5 Å². The Bertz CT molecular complexity index is 1180. The summed E-state index contributed by atoms with van der Waals surface area (Å²) in [5, 5.41) is 14.6. The van der Waals surface area contributed by atoms with Gasteiger partial charge in [-0.25, -0.2) is 0 Å². The fourth-order valence-electron chi connectivity index (χ4n) is 3.06. The van der Waals surface area contributed by atoms with Crippen molar-refractivity contribution in [1.29, 1.82) is 0 Å². The molecule has 4 aromatic rings. The number of anilines is 1. The number of nitrogens with zero attached hydrogens (tertiary/aromatic N) is 3. The Morgan fingerprint density at radius 2 is 1.97 bits per heavy atom. The fourth-order valence-corrected chi connectivity index (χ4v) is 4.96. The summed E-state index contributed by atoms with van der Waals surface area (Å²) in [5.41, 5.74) is 2.52. The molecule has 158 valence electrons. The van der Waals surface area contributed by atoms with Crippen molar-refractivity contribution >= 4 is 46.3 Å². The number of amides is 1. The monoisotopic (exact) mass is 468 g/mol. The Kier molecular flexibility index (Phi) is 6.75. The molecule has 1 N–H and O–H groups in total. The van der Waals surface area contributed by atoms with Gasteiger partial charge in [0.25, 0.3) is 0 Å². The molecule has 0 aliphatic heterocycles. The van der Waals surface area contributed by atoms with E-state index in [-0.39, 0.29) is 5.91 Å². The molecule has 0 aliphatic rings. The number of carbonyl (C=O) groups excluding carboxylic acids is 1. The van der Waals surface area contributed by atoms with Gasteiger partial charge in [0.1, 0.15) is 11.1 Å². The quantitative estimate of drug-likeness (QED) is 0.343. The second-order valence-corrected chi connectivity index (χ2v) is 9.59. The van der Waals surface area contributed by atoms with Crippen LogP contribution in [0.15, 0.2) is 71.2 Å². The molecule has 4 rings (SSSR count). The Labute approximate surface area is 194 Å². The first kappa shape index (κ1) is 21.6. The van der Waals surface area contributed by atoms with Crippen LogP contribution in [0.1, 0.15) is 27.1 Å². The van der Waals surface area contributed by atoms with Gasteiger partial charge in [-0.2, -0.15) is 0 Å². The second-order valence-electron chi connectivity index (χ2n) is 7.08. The van der Waals surface area contributed by atoms with Crippen LogP contribution in [0.3, 0.4) is 0 Å². The smallest absolute Gasteiger partial charge is 0.242 e. The van der Waals surface area contributed by atoms with Gasteiger partial charge >= 0.3 is 0 Å². The molecule has 0 fully saturated rings. The van der Waals surface area contributed by atoms with Crippen LogP contribution < -0.4 is 5.32 Å². The number of thioether (sulfide) groups is 1. The average molecular weight is 469 g/mol. The predicted octanol–water partition coefficient (Wildman–Crippen LogP) is 5.90. The van der Waals surface area contributed by atoms with E-state index in [9.17, 15) is 4.79 Å². The maximum Gasteiger partial charge on any atom is 0.242 e. The zero-order valence-electron chi connectivity index (χ0n) is 17.1. The Hall–Kier alpha value is -2.61. The van der Waals surface area contributed by atoms with Gasteiger partial charge in [-0.1, -0.05) is 65.8 Å². The van der Waals surface area contributed by atoms with E-state index in [0.29, 0.717) is 22.3 Å². The largest absolute Gasteiger partial charge is 0.325 e. The molecule has 1 amide bonds. The molecule has 1 atom stereocenters. The SMILES string of the molecule is Cc1ccc(NC(=O)C(Sc2nnc(Cc3cccs3)n2C)c2ccccc2)cc1Cl. The van der Waals surface area contributed by atoms with Gasteiger partial charge in [-0.3, -0.25) is 4.79 Å². The van der Waals surface area contributed by atoms with Gasteiger partial charge < -0.3 is 9.88 Å². The summed E-state index contributed by atoms with van der Waals surface area (Å²) in [5.74, 6) is 0.724. The lowest BCUT2D eigenvalue weighted by atomic mass is 10.1. The predicted molar refractivity (Wildman–Crippen MR) is 128 cm³/mol. The Balaban J connectivity index is 1.58. The highest BCUT2D eigenvalue weighted by Crippen LogP contribution is 2.36. The van der Waals surface area contributed by atoms with Crippen LogP contribution in [0.4, 0.5) is 5.69 Å². The van der Waals surface area contributed by atoms with Crippen molar-refractivity contribution in [3.63, 3.8) is 0 Å². The maximum atomic E-state index is 13.3. The highest BCUT2D eigenvalue weighted by Gasteiger charge is 2.25. The van der Waals surface area contributed by atoms with E-state index in [2.05, 4.69) is 27.0 Å². The molecule has 0 radical (unpaired) electrons. The van der Waals surface area contributed by atoms with Crippen molar-refractivity contribution in [2.24, 2.45) is 7.05 Å². The number of aromatic nitrogens is 3. The summed E-state index contributed by atoms with van der Waals surface area (Å²) >= 11 is 9.30. The molecule has 1 unspecified atom stereocenters. The number of carbonyl (C=O) groups is 1. The van der Waals surface area contributed by atoms with E-state index < -0.39 is 5.25 Å². The third-order valence-corrected chi connectivity index (χ3v) is 7.41. The average Bonchev–Trinajstić information content (AvgIpc) is 3.40. The van der Waals surface area contributed by atoms with Crippen molar-refractivity contribution in [1.82, 2.24) is 14.8 Å². The minimum absolute atomic E-state index is 0.140. The van der Waals surface area contributed by atoms with E-state index in [1.54, 1.807) is 17.4 Å². The number of hydrogen-bond acceptors (Lipinski definition) is 5. The lowest BCUT2D eigenvalue weighted by Gasteiger charge is -2.17. The standard InChI is InChI=1S/C23H21ClN4OS2/c1-15-10-11-17(13-19(15)24)25-22(29)21(16-7-4-3-5-8-16)31-23-27-26-20(28(23)2)14-18-9-6-12-30-18/h3-13,21H,14H2,1-2H3,(H,25,29). The molecule has 0 bridgehead atoms. The minimum Gasteiger partial charge on any atom is -0.325 e. The second kappa shape index (κ2) is 9.68. The van der Waals surface area contributed by atoms with Gasteiger partial charge in [0, 0.05) is 29.1 Å². The molecule has 8 heteroatoms. The number of nitrogens with one attached hydrogen (secondary N) is 1. The zero-order valence-corrected chi connectivity index (χ0v) is 19.5. The number of thiophene rings is 1.